The lowest BCUT2D eigenvalue weighted by Gasteiger charge is -2.24. The predicted octanol–water partition coefficient (Wildman–Crippen LogP) is 5.99. The van der Waals surface area contributed by atoms with Crippen LogP contribution in [0.15, 0.2) is 24.3 Å². The third kappa shape index (κ3) is 4.61. The summed E-state index contributed by atoms with van der Waals surface area (Å²) in [5.74, 6) is 0.700. The Morgan fingerprint density at radius 2 is 1.25 bits per heavy atom. The van der Waals surface area contributed by atoms with Crippen molar-refractivity contribution in [1.82, 2.24) is 0 Å². The number of ether oxygens (including phenoxy) is 3. The molecule has 174 valence electrons. The van der Waals surface area contributed by atoms with Crippen molar-refractivity contribution in [3.63, 3.8) is 0 Å². The van der Waals surface area contributed by atoms with Crippen molar-refractivity contribution in [3.05, 3.63) is 52.1 Å². The van der Waals surface area contributed by atoms with Crippen LogP contribution in [0.3, 0.4) is 0 Å². The van der Waals surface area contributed by atoms with E-state index in [4.69, 9.17) is 14.2 Å². The summed E-state index contributed by atoms with van der Waals surface area (Å²) in [6.45, 7) is 11.5. The summed E-state index contributed by atoms with van der Waals surface area (Å²) in [4.78, 5) is 27.3. The van der Waals surface area contributed by atoms with E-state index in [0.29, 0.717) is 22.4 Å². The first-order valence-corrected chi connectivity index (χ1v) is 12.3. The summed E-state index contributed by atoms with van der Waals surface area (Å²) in [5, 5.41) is 0. The lowest BCUT2D eigenvalue weighted by atomic mass is 9.84. The van der Waals surface area contributed by atoms with E-state index in [1.807, 2.05) is 26.0 Å². The Kier molecular flexibility index (Phi) is 7.62. The Morgan fingerprint density at radius 3 is 1.59 bits per heavy atom. The zero-order valence-electron chi connectivity index (χ0n) is 20.4. The van der Waals surface area contributed by atoms with Crippen LogP contribution in [0.5, 0.6) is 17.2 Å². The SMILES string of the molecule is CCP(=O)(C(=O)c1c(C)cc(C(C)(C)C)cc1C)C(=O)c1c(OC)cc(OC)cc1OC. The highest BCUT2D eigenvalue weighted by atomic mass is 31.2. The molecule has 2 aromatic rings. The second kappa shape index (κ2) is 9.50. The maximum Gasteiger partial charge on any atom is 0.236 e. The highest BCUT2D eigenvalue weighted by Crippen LogP contribution is 2.55. The molecule has 0 saturated heterocycles. The summed E-state index contributed by atoms with van der Waals surface area (Å²) in [7, 11) is 0.241. The molecule has 7 heteroatoms. The van der Waals surface area contributed by atoms with Crippen molar-refractivity contribution in [2.45, 2.75) is 47.0 Å². The first-order chi connectivity index (χ1) is 14.8. The van der Waals surface area contributed by atoms with Crippen LogP contribution in [-0.4, -0.2) is 38.5 Å². The largest absolute Gasteiger partial charge is 0.496 e. The summed E-state index contributed by atoms with van der Waals surface area (Å²) >= 11 is 0. The maximum absolute atomic E-state index is 14.0. The van der Waals surface area contributed by atoms with Gasteiger partial charge in [-0.15, -0.1) is 0 Å². The van der Waals surface area contributed by atoms with Crippen LogP contribution >= 0.6 is 7.14 Å². The van der Waals surface area contributed by atoms with Gasteiger partial charge in [0, 0.05) is 23.9 Å². The van der Waals surface area contributed by atoms with Crippen LogP contribution in [-0.2, 0) is 9.98 Å². The lowest BCUT2D eigenvalue weighted by Crippen LogP contribution is -2.18. The Hall–Kier alpha value is -2.59. The summed E-state index contributed by atoms with van der Waals surface area (Å²) in [5.41, 5.74) is 1.27. The molecular formula is C25H33O6P. The number of aryl methyl sites for hydroxylation is 2. The van der Waals surface area contributed by atoms with E-state index in [1.54, 1.807) is 6.92 Å². The summed E-state index contributed by atoms with van der Waals surface area (Å²) < 4.78 is 30.0. The normalized spacial score (nSPS) is 13.3. The number of methoxy groups -OCH3 is 3. The molecule has 0 amide bonds. The second-order valence-corrected chi connectivity index (χ2v) is 11.7. The van der Waals surface area contributed by atoms with Crippen molar-refractivity contribution in [2.75, 3.05) is 27.5 Å². The van der Waals surface area contributed by atoms with Crippen LogP contribution < -0.4 is 14.2 Å². The van der Waals surface area contributed by atoms with Gasteiger partial charge in [-0.2, -0.15) is 0 Å². The smallest absolute Gasteiger partial charge is 0.236 e. The van der Waals surface area contributed by atoms with Gasteiger partial charge in [-0.3, -0.25) is 9.59 Å². The standard InChI is InChI=1S/C25H33O6P/c1-10-32(28,23(26)21-15(2)11-17(12-16(21)3)25(4,5)6)24(27)22-19(30-8)13-18(29-7)14-20(22)31-9/h11-14H,10H2,1-9H3. The van der Waals surface area contributed by atoms with Gasteiger partial charge < -0.3 is 18.8 Å². The summed E-state index contributed by atoms with van der Waals surface area (Å²) in [6, 6.07) is 6.88. The van der Waals surface area contributed by atoms with E-state index in [-0.39, 0.29) is 28.6 Å². The molecule has 0 bridgehead atoms. The molecule has 2 aromatic carbocycles. The molecule has 0 fully saturated rings. The average Bonchev–Trinajstić information content (AvgIpc) is 2.75. The fraction of sp³-hybridized carbons (Fsp3) is 0.440. The quantitative estimate of drug-likeness (QED) is 0.450. The van der Waals surface area contributed by atoms with Gasteiger partial charge in [0.1, 0.15) is 22.8 Å². The minimum atomic E-state index is -4.02. The van der Waals surface area contributed by atoms with Gasteiger partial charge >= 0.3 is 0 Å². The fourth-order valence-corrected chi connectivity index (χ4v) is 5.75. The Labute approximate surface area is 190 Å². The Bertz CT molecular complexity index is 1050. The monoisotopic (exact) mass is 460 g/mol. The number of rotatable bonds is 8. The van der Waals surface area contributed by atoms with Gasteiger partial charge in [0.2, 0.25) is 18.2 Å². The molecule has 0 aliphatic carbocycles. The number of carbonyl (C=O) groups is 2. The van der Waals surface area contributed by atoms with Crippen LogP contribution in [0.25, 0.3) is 0 Å². The van der Waals surface area contributed by atoms with E-state index < -0.39 is 18.2 Å². The third-order valence-corrected chi connectivity index (χ3v) is 8.29. The molecule has 0 aromatic heterocycles. The lowest BCUT2D eigenvalue weighted by molar-refractivity contribution is 0.103. The molecule has 0 heterocycles. The van der Waals surface area contributed by atoms with E-state index in [9.17, 15) is 14.2 Å². The highest BCUT2D eigenvalue weighted by Gasteiger charge is 2.43. The minimum Gasteiger partial charge on any atom is -0.496 e. The molecule has 1 unspecified atom stereocenters. The van der Waals surface area contributed by atoms with Gasteiger partial charge in [0.15, 0.2) is 0 Å². The summed E-state index contributed by atoms with van der Waals surface area (Å²) in [6.07, 6.45) is -0.108. The molecule has 0 N–H and O–H groups in total. The van der Waals surface area contributed by atoms with E-state index in [2.05, 4.69) is 20.8 Å². The fourth-order valence-electron chi connectivity index (χ4n) is 3.69. The number of carbonyl (C=O) groups excluding carboxylic acids is 2. The first kappa shape index (κ1) is 25.7. The molecule has 0 radical (unpaired) electrons. The molecule has 32 heavy (non-hydrogen) atoms. The molecule has 0 spiro atoms. The zero-order valence-corrected chi connectivity index (χ0v) is 21.3. The number of hydrogen-bond donors (Lipinski definition) is 0. The van der Waals surface area contributed by atoms with E-state index in [0.717, 1.165) is 5.56 Å². The highest BCUT2D eigenvalue weighted by molar-refractivity contribution is 7.95. The predicted molar refractivity (Wildman–Crippen MR) is 128 cm³/mol. The topological polar surface area (TPSA) is 78.9 Å². The van der Waals surface area contributed by atoms with Crippen LogP contribution in [0.2, 0.25) is 0 Å². The molecule has 6 nitrogen and oxygen atoms in total. The molecule has 2 rings (SSSR count). The van der Waals surface area contributed by atoms with Gasteiger partial charge in [0.05, 0.1) is 21.3 Å². The van der Waals surface area contributed by atoms with Crippen molar-refractivity contribution >= 4 is 18.2 Å². The van der Waals surface area contributed by atoms with E-state index >= 15 is 0 Å². The Morgan fingerprint density at radius 1 is 0.812 bits per heavy atom. The second-order valence-electron chi connectivity index (χ2n) is 8.81. The Balaban J connectivity index is 2.69. The molecule has 1 atom stereocenters. The van der Waals surface area contributed by atoms with Crippen LogP contribution in [0.1, 0.15) is 65.1 Å². The minimum absolute atomic E-state index is 0.0176. The maximum atomic E-state index is 14.0. The van der Waals surface area contributed by atoms with Crippen LogP contribution in [0, 0.1) is 13.8 Å². The van der Waals surface area contributed by atoms with E-state index in [1.165, 1.54) is 33.5 Å². The van der Waals surface area contributed by atoms with Gasteiger partial charge in [-0.1, -0.05) is 39.8 Å². The average molecular weight is 461 g/mol. The molecule has 0 aliphatic heterocycles. The van der Waals surface area contributed by atoms with Crippen molar-refractivity contribution in [2.24, 2.45) is 0 Å². The molecule has 0 aliphatic rings. The van der Waals surface area contributed by atoms with Crippen LogP contribution in [0.4, 0.5) is 0 Å². The van der Waals surface area contributed by atoms with Gasteiger partial charge in [0.25, 0.3) is 0 Å². The van der Waals surface area contributed by atoms with Crippen molar-refractivity contribution in [1.29, 1.82) is 0 Å². The third-order valence-electron chi connectivity index (χ3n) is 5.64. The number of benzene rings is 2. The van der Waals surface area contributed by atoms with Gasteiger partial charge in [-0.25, -0.2) is 0 Å². The van der Waals surface area contributed by atoms with Crippen molar-refractivity contribution < 1.29 is 28.4 Å². The molecule has 0 saturated carbocycles. The van der Waals surface area contributed by atoms with Crippen molar-refractivity contribution in [3.8, 4) is 17.2 Å². The zero-order chi connectivity index (χ0) is 24.4. The molecular weight excluding hydrogens is 427 g/mol. The van der Waals surface area contributed by atoms with Gasteiger partial charge in [-0.05, 0) is 36.0 Å². The first-order valence-electron chi connectivity index (χ1n) is 10.5. The number of hydrogen-bond acceptors (Lipinski definition) is 6.